The van der Waals surface area contributed by atoms with Crippen LogP contribution in [0.25, 0.3) is 0 Å². The Kier molecular flexibility index (Phi) is 2.87. The molecule has 0 saturated carbocycles. The third-order valence-corrected chi connectivity index (χ3v) is 2.58. The highest BCUT2D eigenvalue weighted by Crippen LogP contribution is 2.45. The van der Waals surface area contributed by atoms with Gasteiger partial charge in [0.15, 0.2) is 23.1 Å². The first-order valence-electron chi connectivity index (χ1n) is 4.95. The van der Waals surface area contributed by atoms with Crippen molar-refractivity contribution in [3.63, 3.8) is 0 Å². The van der Waals surface area contributed by atoms with Crippen molar-refractivity contribution in [2.24, 2.45) is 0 Å². The summed E-state index contributed by atoms with van der Waals surface area (Å²) in [6.45, 7) is 1.71. The average Bonchev–Trinajstić information content (AvgIpc) is 2.73. The molecule has 4 nitrogen and oxygen atoms in total. The summed E-state index contributed by atoms with van der Waals surface area (Å²) in [5.74, 6) is 0.127. The molecule has 1 unspecified atom stereocenters. The standard InChI is InChI=1S/C11H13FO4/c1-6(4-13)9-10(14-2)7(12)3-8-11(9)16-5-15-8/h3,6,13H,4-5H2,1-2H3. The molecule has 1 aromatic carbocycles. The van der Waals surface area contributed by atoms with Crippen LogP contribution in [0.15, 0.2) is 6.07 Å². The molecule has 0 aliphatic carbocycles. The predicted molar refractivity (Wildman–Crippen MR) is 54.6 cm³/mol. The van der Waals surface area contributed by atoms with Crippen molar-refractivity contribution in [1.82, 2.24) is 0 Å². The van der Waals surface area contributed by atoms with E-state index in [4.69, 9.17) is 19.3 Å². The Bertz CT molecular complexity index is 402. The molecule has 0 bridgehead atoms. The fourth-order valence-electron chi connectivity index (χ4n) is 1.76. The molecule has 0 saturated heterocycles. The van der Waals surface area contributed by atoms with Gasteiger partial charge < -0.3 is 19.3 Å². The summed E-state index contributed by atoms with van der Waals surface area (Å²) < 4.78 is 29.0. The molecule has 1 aromatic rings. The lowest BCUT2D eigenvalue weighted by atomic mass is 9.99. The van der Waals surface area contributed by atoms with E-state index in [9.17, 15) is 4.39 Å². The second-order valence-electron chi connectivity index (χ2n) is 3.62. The predicted octanol–water partition coefficient (Wildman–Crippen LogP) is 1.66. The van der Waals surface area contributed by atoms with Crippen molar-refractivity contribution < 1.29 is 23.7 Å². The van der Waals surface area contributed by atoms with Gasteiger partial charge in [-0.2, -0.15) is 0 Å². The average molecular weight is 228 g/mol. The van der Waals surface area contributed by atoms with Crippen molar-refractivity contribution >= 4 is 0 Å². The minimum Gasteiger partial charge on any atom is -0.493 e. The van der Waals surface area contributed by atoms with Crippen LogP contribution in [0.4, 0.5) is 4.39 Å². The largest absolute Gasteiger partial charge is 0.493 e. The van der Waals surface area contributed by atoms with Crippen LogP contribution < -0.4 is 14.2 Å². The topological polar surface area (TPSA) is 47.9 Å². The Morgan fingerprint density at radius 3 is 2.94 bits per heavy atom. The number of aliphatic hydroxyl groups excluding tert-OH is 1. The van der Waals surface area contributed by atoms with E-state index in [1.54, 1.807) is 6.92 Å². The summed E-state index contributed by atoms with van der Waals surface area (Å²) in [6, 6.07) is 1.23. The minimum atomic E-state index is -0.512. The van der Waals surface area contributed by atoms with E-state index in [0.717, 1.165) is 0 Å². The minimum absolute atomic E-state index is 0.0626. The van der Waals surface area contributed by atoms with Crippen LogP contribution in [0.5, 0.6) is 17.2 Å². The summed E-state index contributed by atoms with van der Waals surface area (Å²) in [4.78, 5) is 0. The Morgan fingerprint density at radius 2 is 2.31 bits per heavy atom. The number of halogens is 1. The smallest absolute Gasteiger partial charge is 0.231 e. The highest BCUT2D eigenvalue weighted by Gasteiger charge is 2.28. The van der Waals surface area contributed by atoms with Crippen LogP contribution in [0, 0.1) is 5.82 Å². The fraction of sp³-hybridized carbons (Fsp3) is 0.455. The number of hydrogen-bond acceptors (Lipinski definition) is 4. The first-order chi connectivity index (χ1) is 7.69. The Morgan fingerprint density at radius 1 is 1.56 bits per heavy atom. The maximum atomic E-state index is 13.7. The van der Waals surface area contributed by atoms with Gasteiger partial charge in [0.1, 0.15) is 0 Å². The van der Waals surface area contributed by atoms with E-state index >= 15 is 0 Å². The highest BCUT2D eigenvalue weighted by molar-refractivity contribution is 5.57. The molecule has 0 fully saturated rings. The molecule has 0 aromatic heterocycles. The van der Waals surface area contributed by atoms with Gasteiger partial charge in [0.2, 0.25) is 6.79 Å². The molecule has 1 aliphatic rings. The number of ether oxygens (including phenoxy) is 3. The van der Waals surface area contributed by atoms with Crippen LogP contribution in [-0.2, 0) is 0 Å². The van der Waals surface area contributed by atoms with Crippen molar-refractivity contribution in [1.29, 1.82) is 0 Å². The molecule has 5 heteroatoms. The van der Waals surface area contributed by atoms with Gasteiger partial charge in [-0.05, 0) is 0 Å². The normalized spacial score (nSPS) is 15.0. The zero-order chi connectivity index (χ0) is 11.7. The van der Waals surface area contributed by atoms with E-state index in [1.165, 1.54) is 13.2 Å². The Labute approximate surface area is 92.6 Å². The third-order valence-electron chi connectivity index (χ3n) is 2.58. The van der Waals surface area contributed by atoms with Gasteiger partial charge in [-0.1, -0.05) is 6.92 Å². The van der Waals surface area contributed by atoms with Crippen molar-refractivity contribution in [2.75, 3.05) is 20.5 Å². The van der Waals surface area contributed by atoms with E-state index < -0.39 is 5.82 Å². The van der Waals surface area contributed by atoms with Gasteiger partial charge in [0.05, 0.1) is 7.11 Å². The number of benzene rings is 1. The molecule has 1 heterocycles. The van der Waals surface area contributed by atoms with Gasteiger partial charge in [-0.3, -0.25) is 0 Å². The monoisotopic (exact) mass is 228 g/mol. The Balaban J connectivity index is 2.61. The van der Waals surface area contributed by atoms with Crippen molar-refractivity contribution in [3.8, 4) is 17.2 Å². The Hall–Kier alpha value is -1.49. The molecular weight excluding hydrogens is 215 g/mol. The first-order valence-corrected chi connectivity index (χ1v) is 4.95. The molecule has 16 heavy (non-hydrogen) atoms. The molecule has 1 atom stereocenters. The number of rotatable bonds is 3. The zero-order valence-corrected chi connectivity index (χ0v) is 9.12. The van der Waals surface area contributed by atoms with Crippen LogP contribution in [-0.4, -0.2) is 25.6 Å². The molecule has 1 aliphatic heterocycles. The van der Waals surface area contributed by atoms with Gasteiger partial charge in [-0.25, -0.2) is 4.39 Å². The highest BCUT2D eigenvalue weighted by atomic mass is 19.1. The SMILES string of the molecule is COc1c(F)cc2c(c1C(C)CO)OCO2. The first kappa shape index (κ1) is 11.0. The molecule has 0 amide bonds. The lowest BCUT2D eigenvalue weighted by Crippen LogP contribution is -2.05. The molecular formula is C11H13FO4. The zero-order valence-electron chi connectivity index (χ0n) is 9.12. The van der Waals surface area contributed by atoms with Gasteiger partial charge in [0.25, 0.3) is 0 Å². The maximum absolute atomic E-state index is 13.7. The lowest BCUT2D eigenvalue weighted by Gasteiger charge is -2.16. The molecule has 0 radical (unpaired) electrons. The third kappa shape index (κ3) is 1.57. The summed E-state index contributed by atoms with van der Waals surface area (Å²) >= 11 is 0. The van der Waals surface area contributed by atoms with E-state index in [0.29, 0.717) is 17.1 Å². The summed E-state index contributed by atoms with van der Waals surface area (Å²) in [6.07, 6.45) is 0. The van der Waals surface area contributed by atoms with Crippen LogP contribution in [0.3, 0.4) is 0 Å². The molecule has 1 N–H and O–H groups in total. The second kappa shape index (κ2) is 4.17. The second-order valence-corrected chi connectivity index (χ2v) is 3.62. The number of fused-ring (bicyclic) bond motifs is 1. The van der Waals surface area contributed by atoms with Gasteiger partial charge >= 0.3 is 0 Å². The van der Waals surface area contributed by atoms with Crippen LogP contribution >= 0.6 is 0 Å². The summed E-state index contributed by atoms with van der Waals surface area (Å²) in [5.41, 5.74) is 0.512. The molecule has 0 spiro atoms. The maximum Gasteiger partial charge on any atom is 0.231 e. The van der Waals surface area contributed by atoms with Crippen LogP contribution in [0.2, 0.25) is 0 Å². The molecule has 2 rings (SSSR count). The van der Waals surface area contributed by atoms with Gasteiger partial charge in [-0.15, -0.1) is 0 Å². The number of hydrogen-bond donors (Lipinski definition) is 1. The van der Waals surface area contributed by atoms with E-state index in [1.807, 2.05) is 0 Å². The quantitative estimate of drug-likeness (QED) is 0.854. The molecule has 88 valence electrons. The summed E-state index contributed by atoms with van der Waals surface area (Å²) in [5, 5.41) is 9.16. The van der Waals surface area contributed by atoms with Crippen molar-refractivity contribution in [2.45, 2.75) is 12.8 Å². The fourth-order valence-corrected chi connectivity index (χ4v) is 1.76. The van der Waals surface area contributed by atoms with E-state index in [-0.39, 0.29) is 25.1 Å². The van der Waals surface area contributed by atoms with Gasteiger partial charge in [0, 0.05) is 24.2 Å². The van der Waals surface area contributed by atoms with E-state index in [2.05, 4.69) is 0 Å². The summed E-state index contributed by atoms with van der Waals surface area (Å²) in [7, 11) is 1.38. The van der Waals surface area contributed by atoms with Crippen molar-refractivity contribution in [3.05, 3.63) is 17.4 Å². The number of methoxy groups -OCH3 is 1. The lowest BCUT2D eigenvalue weighted by molar-refractivity contribution is 0.172. The van der Waals surface area contributed by atoms with Crippen LogP contribution in [0.1, 0.15) is 18.4 Å². The number of aliphatic hydroxyl groups is 1.